The lowest BCUT2D eigenvalue weighted by Gasteiger charge is -2.07. The van der Waals surface area contributed by atoms with E-state index in [0.29, 0.717) is 5.82 Å². The summed E-state index contributed by atoms with van der Waals surface area (Å²) >= 11 is 7.61. The number of aliphatic carboxylic acids is 1. The number of nitrogens with zero attached hydrogens (tertiary/aromatic N) is 2. The molecule has 0 radical (unpaired) electrons. The van der Waals surface area contributed by atoms with Crippen LogP contribution in [0.1, 0.15) is 17.4 Å². The maximum atomic E-state index is 10.7. The van der Waals surface area contributed by atoms with Gasteiger partial charge < -0.3 is 10.4 Å². The van der Waals surface area contributed by atoms with Gasteiger partial charge in [-0.3, -0.25) is 4.79 Å². The number of carbonyl (C=O) groups is 1. The number of thiophene rings is 1. The third-order valence-corrected chi connectivity index (χ3v) is 4.68. The van der Waals surface area contributed by atoms with Crippen LogP contribution >= 0.6 is 22.9 Å². The Labute approximate surface area is 142 Å². The van der Waals surface area contributed by atoms with Gasteiger partial charge in [0, 0.05) is 10.6 Å². The average molecular weight is 348 g/mol. The molecule has 23 heavy (non-hydrogen) atoms. The van der Waals surface area contributed by atoms with Gasteiger partial charge in [-0.2, -0.15) is 4.98 Å². The lowest BCUT2D eigenvalue weighted by atomic mass is 10.1. The molecule has 0 bridgehead atoms. The fourth-order valence-electron chi connectivity index (χ4n) is 2.23. The molecule has 0 aliphatic heterocycles. The summed E-state index contributed by atoms with van der Waals surface area (Å²) in [5.41, 5.74) is 1.57. The summed E-state index contributed by atoms with van der Waals surface area (Å²) in [4.78, 5) is 21.3. The second-order valence-electron chi connectivity index (χ2n) is 5.02. The quantitative estimate of drug-likeness (QED) is 0.674. The molecular weight excluding hydrogens is 334 g/mol. The van der Waals surface area contributed by atoms with Crippen LogP contribution < -0.4 is 5.32 Å². The molecule has 0 atom stereocenters. The Morgan fingerprint density at radius 2 is 2.04 bits per heavy atom. The van der Waals surface area contributed by atoms with Crippen LogP contribution in [0.5, 0.6) is 0 Å². The number of carboxylic acids is 1. The van der Waals surface area contributed by atoms with E-state index in [0.717, 1.165) is 27.9 Å². The summed E-state index contributed by atoms with van der Waals surface area (Å²) in [5.74, 6) is -0.192. The predicted octanol–water partition coefficient (Wildman–Crippen LogP) is 4.28. The van der Waals surface area contributed by atoms with E-state index in [9.17, 15) is 4.79 Å². The van der Waals surface area contributed by atoms with Gasteiger partial charge in [-0.05, 0) is 41.8 Å². The van der Waals surface area contributed by atoms with Crippen LogP contribution in [-0.4, -0.2) is 21.0 Å². The van der Waals surface area contributed by atoms with Crippen molar-refractivity contribution in [3.8, 4) is 0 Å². The SMILES string of the molecule is CCc1cc2c(Nc3ccc(CC(=O)O)cc3)nc(Cl)nc2s1. The molecule has 0 aliphatic carbocycles. The number of hydrogen-bond donors (Lipinski definition) is 2. The van der Waals surface area contributed by atoms with Gasteiger partial charge in [0.05, 0.1) is 11.8 Å². The first-order valence-corrected chi connectivity index (χ1v) is 8.28. The zero-order chi connectivity index (χ0) is 16.4. The molecule has 2 aromatic heterocycles. The molecule has 2 heterocycles. The number of carboxylic acid groups (broad SMARTS) is 1. The number of anilines is 2. The number of aromatic nitrogens is 2. The topological polar surface area (TPSA) is 75.1 Å². The van der Waals surface area contributed by atoms with E-state index in [1.54, 1.807) is 23.5 Å². The first kappa shape index (κ1) is 15.7. The molecule has 7 heteroatoms. The highest BCUT2D eigenvalue weighted by atomic mass is 35.5. The predicted molar refractivity (Wildman–Crippen MR) is 92.9 cm³/mol. The van der Waals surface area contributed by atoms with E-state index in [1.807, 2.05) is 12.1 Å². The van der Waals surface area contributed by atoms with E-state index in [2.05, 4.69) is 28.3 Å². The van der Waals surface area contributed by atoms with E-state index < -0.39 is 5.97 Å². The third kappa shape index (κ3) is 3.60. The minimum Gasteiger partial charge on any atom is -0.481 e. The number of benzene rings is 1. The summed E-state index contributed by atoms with van der Waals surface area (Å²) in [6.45, 7) is 2.09. The first-order valence-electron chi connectivity index (χ1n) is 7.09. The van der Waals surface area contributed by atoms with Crippen LogP contribution in [0.2, 0.25) is 5.28 Å². The molecule has 0 aliphatic rings. The fraction of sp³-hybridized carbons (Fsp3) is 0.188. The Bertz CT molecular complexity index is 862. The van der Waals surface area contributed by atoms with Crippen molar-refractivity contribution in [2.24, 2.45) is 0 Å². The Balaban J connectivity index is 1.91. The zero-order valence-electron chi connectivity index (χ0n) is 12.3. The minimum absolute atomic E-state index is 0.00819. The number of fused-ring (bicyclic) bond motifs is 1. The van der Waals surface area contributed by atoms with Gasteiger partial charge in [-0.25, -0.2) is 4.98 Å². The Morgan fingerprint density at radius 3 is 2.70 bits per heavy atom. The lowest BCUT2D eigenvalue weighted by Crippen LogP contribution is -2.00. The smallest absolute Gasteiger partial charge is 0.307 e. The molecule has 1 aromatic carbocycles. The van der Waals surface area contributed by atoms with Crippen LogP contribution in [0.25, 0.3) is 10.2 Å². The molecule has 2 N–H and O–H groups in total. The molecule has 0 unspecified atom stereocenters. The van der Waals surface area contributed by atoms with Crippen molar-refractivity contribution in [2.45, 2.75) is 19.8 Å². The van der Waals surface area contributed by atoms with Gasteiger partial charge in [-0.1, -0.05) is 19.1 Å². The van der Waals surface area contributed by atoms with Crippen LogP contribution in [0.15, 0.2) is 30.3 Å². The molecule has 5 nitrogen and oxygen atoms in total. The number of hydrogen-bond acceptors (Lipinski definition) is 5. The molecule has 0 saturated heterocycles. The standard InChI is InChI=1S/C16H14ClN3O2S/c1-2-11-8-12-14(19-16(17)20-15(12)23-11)18-10-5-3-9(4-6-10)7-13(21)22/h3-6,8H,2,7H2,1H3,(H,21,22)(H,18,19,20). The normalized spacial score (nSPS) is 10.9. The summed E-state index contributed by atoms with van der Waals surface area (Å²) in [6, 6.07) is 9.28. The van der Waals surface area contributed by atoms with E-state index in [4.69, 9.17) is 16.7 Å². The van der Waals surface area contributed by atoms with Gasteiger partial charge in [0.15, 0.2) is 0 Å². The maximum Gasteiger partial charge on any atom is 0.307 e. The van der Waals surface area contributed by atoms with Gasteiger partial charge in [-0.15, -0.1) is 11.3 Å². The highest BCUT2D eigenvalue weighted by molar-refractivity contribution is 7.18. The summed E-state index contributed by atoms with van der Waals surface area (Å²) in [5, 5.41) is 13.2. The van der Waals surface area contributed by atoms with Gasteiger partial charge in [0.25, 0.3) is 0 Å². The van der Waals surface area contributed by atoms with Crippen molar-refractivity contribution >= 4 is 50.6 Å². The van der Waals surface area contributed by atoms with E-state index >= 15 is 0 Å². The maximum absolute atomic E-state index is 10.7. The summed E-state index contributed by atoms with van der Waals surface area (Å²) in [7, 11) is 0. The van der Waals surface area contributed by atoms with Crippen molar-refractivity contribution in [2.75, 3.05) is 5.32 Å². The minimum atomic E-state index is -0.847. The van der Waals surface area contributed by atoms with Crippen molar-refractivity contribution < 1.29 is 9.90 Å². The number of nitrogens with one attached hydrogen (secondary N) is 1. The number of rotatable bonds is 5. The molecule has 0 amide bonds. The highest BCUT2D eigenvalue weighted by Gasteiger charge is 2.11. The van der Waals surface area contributed by atoms with Gasteiger partial charge >= 0.3 is 5.97 Å². The monoisotopic (exact) mass is 347 g/mol. The van der Waals surface area contributed by atoms with Crippen molar-refractivity contribution in [1.29, 1.82) is 0 Å². The number of halogens is 1. The summed E-state index contributed by atoms with van der Waals surface area (Å²) < 4.78 is 0. The van der Waals surface area contributed by atoms with Crippen molar-refractivity contribution in [1.82, 2.24) is 9.97 Å². The first-order chi connectivity index (χ1) is 11.0. The average Bonchev–Trinajstić information content (AvgIpc) is 2.92. The fourth-order valence-corrected chi connectivity index (χ4v) is 3.42. The highest BCUT2D eigenvalue weighted by Crippen LogP contribution is 2.31. The number of aryl methyl sites for hydroxylation is 1. The summed E-state index contributed by atoms with van der Waals surface area (Å²) in [6.07, 6.45) is 0.941. The van der Waals surface area contributed by atoms with Crippen LogP contribution in [0.4, 0.5) is 11.5 Å². The Morgan fingerprint density at radius 1 is 1.30 bits per heavy atom. The molecule has 118 valence electrons. The molecular formula is C16H14ClN3O2S. The van der Waals surface area contributed by atoms with Gasteiger partial charge in [0.1, 0.15) is 10.6 Å². The van der Waals surface area contributed by atoms with Crippen molar-refractivity contribution in [3.63, 3.8) is 0 Å². The Hall–Kier alpha value is -2.18. The van der Waals surface area contributed by atoms with Gasteiger partial charge in [0.2, 0.25) is 5.28 Å². The van der Waals surface area contributed by atoms with E-state index in [1.165, 1.54) is 4.88 Å². The van der Waals surface area contributed by atoms with Crippen molar-refractivity contribution in [3.05, 3.63) is 46.1 Å². The van der Waals surface area contributed by atoms with Crippen LogP contribution in [0.3, 0.4) is 0 Å². The molecule has 3 rings (SSSR count). The second-order valence-corrected chi connectivity index (χ2v) is 6.47. The van der Waals surface area contributed by atoms with E-state index in [-0.39, 0.29) is 11.7 Å². The third-order valence-electron chi connectivity index (χ3n) is 3.34. The van der Waals surface area contributed by atoms with Crippen LogP contribution in [0, 0.1) is 0 Å². The Kier molecular flexibility index (Phi) is 4.45. The zero-order valence-corrected chi connectivity index (χ0v) is 13.9. The second kappa shape index (κ2) is 6.52. The molecule has 0 fully saturated rings. The molecule has 0 spiro atoms. The largest absolute Gasteiger partial charge is 0.481 e. The molecule has 0 saturated carbocycles. The molecule has 3 aromatic rings. The van der Waals surface area contributed by atoms with Crippen LogP contribution in [-0.2, 0) is 17.6 Å². The lowest BCUT2D eigenvalue weighted by molar-refractivity contribution is -0.136.